The Morgan fingerprint density at radius 1 is 1.00 bits per heavy atom. The molecule has 2 fully saturated rings. The van der Waals surface area contributed by atoms with E-state index in [-0.39, 0.29) is 0 Å². The van der Waals surface area contributed by atoms with Gasteiger partial charge in [-0.1, -0.05) is 6.92 Å². The van der Waals surface area contributed by atoms with E-state index in [1.54, 1.807) is 0 Å². The molecule has 1 heterocycles. The molecule has 1 saturated heterocycles. The van der Waals surface area contributed by atoms with Crippen LogP contribution in [0.25, 0.3) is 0 Å². The van der Waals surface area contributed by atoms with Gasteiger partial charge >= 0.3 is 0 Å². The summed E-state index contributed by atoms with van der Waals surface area (Å²) < 4.78 is 0. The normalized spacial score (nSPS) is 34.1. The maximum absolute atomic E-state index is 6.16. The average Bonchev–Trinajstić information content (AvgIpc) is 2.32. The molecule has 3 heteroatoms. The van der Waals surface area contributed by atoms with Gasteiger partial charge in [0.1, 0.15) is 0 Å². The lowest BCUT2D eigenvalue weighted by atomic mass is 9.93. The van der Waals surface area contributed by atoms with Crippen LogP contribution in [0.3, 0.4) is 0 Å². The molecule has 1 saturated carbocycles. The Kier molecular flexibility index (Phi) is 4.93. The molecule has 0 aromatic rings. The predicted molar refractivity (Wildman–Crippen MR) is 70.2 cm³/mol. The molecule has 0 radical (unpaired) electrons. The zero-order valence-electron chi connectivity index (χ0n) is 10.5. The fourth-order valence-electron chi connectivity index (χ4n) is 3.07. The molecule has 0 bridgehead atoms. The number of hydrogen-bond acceptors (Lipinski definition) is 2. The lowest BCUT2D eigenvalue weighted by Crippen LogP contribution is -2.51. The van der Waals surface area contributed by atoms with Crippen LogP contribution in [0, 0.1) is 0 Å². The quantitative estimate of drug-likeness (QED) is 0.705. The predicted octanol–water partition coefficient (Wildman–Crippen LogP) is 2.56. The van der Waals surface area contributed by atoms with Gasteiger partial charge in [-0.2, -0.15) is 0 Å². The highest BCUT2D eigenvalue weighted by molar-refractivity contribution is 6.20. The van der Waals surface area contributed by atoms with Crippen molar-refractivity contribution >= 4 is 11.6 Å². The van der Waals surface area contributed by atoms with E-state index in [2.05, 4.69) is 16.7 Å². The van der Waals surface area contributed by atoms with Gasteiger partial charge in [0, 0.05) is 37.6 Å². The topological polar surface area (TPSA) is 6.48 Å². The molecule has 0 atom stereocenters. The number of nitrogens with zero attached hydrogens (tertiary/aromatic N) is 2. The Balaban J connectivity index is 1.72. The molecule has 2 rings (SSSR count). The SMILES string of the molecule is CCCN1CCN(C2CCC(Cl)CC2)CC1. The third-order valence-corrected chi connectivity index (χ3v) is 4.53. The Labute approximate surface area is 105 Å². The van der Waals surface area contributed by atoms with Crippen molar-refractivity contribution in [2.45, 2.75) is 50.4 Å². The van der Waals surface area contributed by atoms with Crippen molar-refractivity contribution in [2.75, 3.05) is 32.7 Å². The summed E-state index contributed by atoms with van der Waals surface area (Å²) in [6, 6.07) is 0.832. The van der Waals surface area contributed by atoms with Gasteiger partial charge in [0.15, 0.2) is 0 Å². The van der Waals surface area contributed by atoms with Crippen molar-refractivity contribution in [3.05, 3.63) is 0 Å². The highest BCUT2D eigenvalue weighted by atomic mass is 35.5. The van der Waals surface area contributed by atoms with E-state index < -0.39 is 0 Å². The lowest BCUT2D eigenvalue weighted by molar-refractivity contribution is 0.0796. The molecular weight excluding hydrogens is 220 g/mol. The Bertz CT molecular complexity index is 194. The van der Waals surface area contributed by atoms with E-state index >= 15 is 0 Å². The molecule has 2 nitrogen and oxygen atoms in total. The fraction of sp³-hybridized carbons (Fsp3) is 1.00. The zero-order chi connectivity index (χ0) is 11.4. The maximum atomic E-state index is 6.16. The first-order valence-corrected chi connectivity index (χ1v) is 7.33. The summed E-state index contributed by atoms with van der Waals surface area (Å²) in [4.78, 5) is 5.30. The Morgan fingerprint density at radius 3 is 2.19 bits per heavy atom. The van der Waals surface area contributed by atoms with Gasteiger partial charge in [0.05, 0.1) is 0 Å². The second-order valence-corrected chi connectivity index (χ2v) is 5.90. The first kappa shape index (κ1) is 12.7. The monoisotopic (exact) mass is 244 g/mol. The van der Waals surface area contributed by atoms with Crippen LogP contribution in [-0.4, -0.2) is 53.9 Å². The lowest BCUT2D eigenvalue weighted by Gasteiger charge is -2.41. The summed E-state index contributed by atoms with van der Waals surface area (Å²) in [7, 11) is 0. The fourth-order valence-corrected chi connectivity index (χ4v) is 3.32. The van der Waals surface area contributed by atoms with E-state index in [1.165, 1.54) is 64.8 Å². The molecule has 94 valence electrons. The Morgan fingerprint density at radius 2 is 1.62 bits per heavy atom. The summed E-state index contributed by atoms with van der Waals surface area (Å²) in [5, 5.41) is 0.456. The van der Waals surface area contributed by atoms with Crippen LogP contribution in [0.2, 0.25) is 0 Å². The van der Waals surface area contributed by atoms with Gasteiger partial charge in [-0.05, 0) is 38.6 Å². The van der Waals surface area contributed by atoms with Crippen LogP contribution < -0.4 is 0 Å². The maximum Gasteiger partial charge on any atom is 0.0337 e. The minimum atomic E-state index is 0.456. The van der Waals surface area contributed by atoms with Gasteiger partial charge in [-0.25, -0.2) is 0 Å². The molecule has 0 N–H and O–H groups in total. The van der Waals surface area contributed by atoms with Crippen LogP contribution in [0.4, 0.5) is 0 Å². The summed E-state index contributed by atoms with van der Waals surface area (Å²) >= 11 is 6.16. The van der Waals surface area contributed by atoms with Crippen LogP contribution in [0.5, 0.6) is 0 Å². The van der Waals surface area contributed by atoms with E-state index in [4.69, 9.17) is 11.6 Å². The molecule has 0 unspecified atom stereocenters. The zero-order valence-corrected chi connectivity index (χ0v) is 11.3. The average molecular weight is 245 g/mol. The van der Waals surface area contributed by atoms with Crippen molar-refractivity contribution in [3.63, 3.8) is 0 Å². The van der Waals surface area contributed by atoms with Crippen molar-refractivity contribution in [1.82, 2.24) is 9.80 Å². The Hall–Kier alpha value is 0.210. The van der Waals surface area contributed by atoms with Crippen molar-refractivity contribution in [3.8, 4) is 0 Å². The molecule has 0 amide bonds. The van der Waals surface area contributed by atoms with E-state index in [0.29, 0.717) is 5.38 Å². The minimum absolute atomic E-state index is 0.456. The van der Waals surface area contributed by atoms with E-state index in [1.807, 2.05) is 0 Å². The minimum Gasteiger partial charge on any atom is -0.301 e. The molecular formula is C13H25ClN2. The molecule has 16 heavy (non-hydrogen) atoms. The van der Waals surface area contributed by atoms with Gasteiger partial charge in [-0.15, -0.1) is 11.6 Å². The smallest absolute Gasteiger partial charge is 0.0337 e. The second kappa shape index (κ2) is 6.23. The van der Waals surface area contributed by atoms with Crippen LogP contribution in [0.1, 0.15) is 39.0 Å². The van der Waals surface area contributed by atoms with Crippen molar-refractivity contribution in [1.29, 1.82) is 0 Å². The van der Waals surface area contributed by atoms with Gasteiger partial charge < -0.3 is 4.90 Å². The molecule has 1 aliphatic carbocycles. The third-order valence-electron chi connectivity index (χ3n) is 4.09. The first-order chi connectivity index (χ1) is 7.79. The van der Waals surface area contributed by atoms with Crippen molar-refractivity contribution in [2.24, 2.45) is 0 Å². The summed E-state index contributed by atoms with van der Waals surface area (Å²) in [6.07, 6.45) is 6.38. The van der Waals surface area contributed by atoms with Gasteiger partial charge in [-0.3, -0.25) is 4.90 Å². The van der Waals surface area contributed by atoms with Crippen LogP contribution >= 0.6 is 11.6 Å². The van der Waals surface area contributed by atoms with E-state index in [0.717, 1.165) is 6.04 Å². The number of alkyl halides is 1. The van der Waals surface area contributed by atoms with Crippen LogP contribution in [-0.2, 0) is 0 Å². The molecule has 0 spiro atoms. The standard InChI is InChI=1S/C13H25ClN2/c1-2-7-15-8-10-16(11-9-15)13-5-3-12(14)4-6-13/h12-13H,2-11H2,1H3. The molecule has 0 aromatic heterocycles. The highest BCUT2D eigenvalue weighted by Crippen LogP contribution is 2.26. The third kappa shape index (κ3) is 3.35. The number of rotatable bonds is 3. The molecule has 2 aliphatic rings. The summed E-state index contributed by atoms with van der Waals surface area (Å²) in [5.41, 5.74) is 0. The van der Waals surface area contributed by atoms with Crippen molar-refractivity contribution < 1.29 is 0 Å². The summed E-state index contributed by atoms with van der Waals surface area (Å²) in [6.45, 7) is 8.65. The number of hydrogen-bond donors (Lipinski definition) is 0. The molecule has 0 aromatic carbocycles. The van der Waals surface area contributed by atoms with E-state index in [9.17, 15) is 0 Å². The second-order valence-electron chi connectivity index (χ2n) is 5.28. The first-order valence-electron chi connectivity index (χ1n) is 6.90. The summed E-state index contributed by atoms with van der Waals surface area (Å²) in [5.74, 6) is 0. The molecule has 1 aliphatic heterocycles. The van der Waals surface area contributed by atoms with Gasteiger partial charge in [0.2, 0.25) is 0 Å². The van der Waals surface area contributed by atoms with Crippen LogP contribution in [0.15, 0.2) is 0 Å². The number of halogens is 1. The highest BCUT2D eigenvalue weighted by Gasteiger charge is 2.27. The van der Waals surface area contributed by atoms with Gasteiger partial charge in [0.25, 0.3) is 0 Å². The largest absolute Gasteiger partial charge is 0.301 e. The number of piperazine rings is 1.